The quantitative estimate of drug-likeness (QED) is 0.480. The van der Waals surface area contributed by atoms with Crippen LogP contribution in [0.4, 0.5) is 0 Å². The summed E-state index contributed by atoms with van der Waals surface area (Å²) in [4.78, 5) is 10.9. The van der Waals surface area contributed by atoms with Crippen LogP contribution in [0.25, 0.3) is 0 Å². The van der Waals surface area contributed by atoms with Crippen molar-refractivity contribution in [3.8, 4) is 0 Å². The molecule has 4 nitrogen and oxygen atoms in total. The molecule has 0 aromatic carbocycles. The minimum absolute atomic E-state index is 0.266. The Hall–Kier alpha value is -1.13. The van der Waals surface area contributed by atoms with E-state index in [9.17, 15) is 9.90 Å². The predicted octanol–water partition coefficient (Wildman–Crippen LogP) is 0.172. The van der Waals surface area contributed by atoms with Crippen LogP contribution in [0.1, 0.15) is 6.92 Å². The van der Waals surface area contributed by atoms with Gasteiger partial charge in [0.05, 0.1) is 6.10 Å². The Labute approximate surface area is 81.8 Å². The van der Waals surface area contributed by atoms with Crippen molar-refractivity contribution >= 4 is 5.97 Å². The lowest BCUT2D eigenvalue weighted by molar-refractivity contribution is -0.153. The van der Waals surface area contributed by atoms with Crippen LogP contribution in [-0.2, 0) is 14.3 Å². The fraction of sp³-hybridized carbons (Fsp3) is 0.500. The van der Waals surface area contributed by atoms with Gasteiger partial charge in [-0.15, -0.1) is 0 Å². The highest BCUT2D eigenvalue weighted by molar-refractivity contribution is 5.83. The molecule has 0 spiro atoms. The van der Waals surface area contributed by atoms with Gasteiger partial charge in [-0.3, -0.25) is 0 Å². The van der Waals surface area contributed by atoms with Gasteiger partial charge in [0, 0.05) is 6.08 Å². The van der Waals surface area contributed by atoms with Crippen LogP contribution in [0.15, 0.2) is 24.3 Å². The second kappa shape index (κ2) is 3.55. The van der Waals surface area contributed by atoms with Crippen molar-refractivity contribution in [2.45, 2.75) is 31.3 Å². The summed E-state index contributed by atoms with van der Waals surface area (Å²) < 4.78 is 10.5. The molecule has 0 aliphatic carbocycles. The predicted molar refractivity (Wildman–Crippen MR) is 48.5 cm³/mol. The zero-order chi connectivity index (χ0) is 10.1. The third-order valence-electron chi connectivity index (χ3n) is 2.28. The minimum atomic E-state index is -0.557. The highest BCUT2D eigenvalue weighted by atomic mass is 16.6. The Bertz CT molecular complexity index is 292. The highest BCUT2D eigenvalue weighted by Gasteiger charge is 2.32. The van der Waals surface area contributed by atoms with E-state index in [2.05, 4.69) is 0 Å². The van der Waals surface area contributed by atoms with Gasteiger partial charge >= 0.3 is 5.97 Å². The first kappa shape index (κ1) is 9.43. The van der Waals surface area contributed by atoms with Crippen LogP contribution in [0.2, 0.25) is 0 Å². The van der Waals surface area contributed by atoms with E-state index in [1.54, 1.807) is 25.2 Å². The zero-order valence-electron chi connectivity index (χ0n) is 7.79. The van der Waals surface area contributed by atoms with Crippen molar-refractivity contribution in [2.24, 2.45) is 0 Å². The molecule has 0 fully saturated rings. The van der Waals surface area contributed by atoms with Gasteiger partial charge < -0.3 is 14.6 Å². The van der Waals surface area contributed by atoms with Crippen LogP contribution in [0.5, 0.6) is 0 Å². The molecule has 0 aromatic heterocycles. The van der Waals surface area contributed by atoms with Crippen LogP contribution >= 0.6 is 0 Å². The summed E-state index contributed by atoms with van der Waals surface area (Å²) in [5, 5.41) is 9.31. The molecule has 0 radical (unpaired) electrons. The maximum atomic E-state index is 10.9. The number of ether oxygens (including phenoxy) is 2. The van der Waals surface area contributed by atoms with E-state index in [1.807, 2.05) is 0 Å². The smallest absolute Gasteiger partial charge is 0.331 e. The van der Waals surface area contributed by atoms with Gasteiger partial charge in [-0.05, 0) is 19.1 Å². The first-order valence-electron chi connectivity index (χ1n) is 4.57. The first-order valence-corrected chi connectivity index (χ1v) is 4.57. The van der Waals surface area contributed by atoms with Crippen molar-refractivity contribution in [3.05, 3.63) is 24.3 Å². The van der Waals surface area contributed by atoms with E-state index in [4.69, 9.17) is 9.47 Å². The van der Waals surface area contributed by atoms with Crippen LogP contribution in [0.3, 0.4) is 0 Å². The average molecular weight is 196 g/mol. The Balaban J connectivity index is 2.12. The van der Waals surface area contributed by atoms with Crippen molar-refractivity contribution in [1.29, 1.82) is 0 Å². The molecule has 4 unspecified atom stereocenters. The number of esters is 1. The summed E-state index contributed by atoms with van der Waals surface area (Å²) in [6, 6.07) is 0. The van der Waals surface area contributed by atoms with E-state index in [1.165, 1.54) is 6.08 Å². The number of rotatable bonds is 1. The number of fused-ring (bicyclic) bond motifs is 1. The molecule has 4 heteroatoms. The van der Waals surface area contributed by atoms with Gasteiger partial charge in [0.2, 0.25) is 0 Å². The summed E-state index contributed by atoms with van der Waals surface area (Å²) in [6.07, 6.45) is 5.00. The Morgan fingerprint density at radius 3 is 2.86 bits per heavy atom. The van der Waals surface area contributed by atoms with Crippen molar-refractivity contribution < 1.29 is 19.4 Å². The lowest BCUT2D eigenvalue weighted by Gasteiger charge is -2.33. The molecule has 4 atom stereocenters. The number of carbonyl (C=O) groups is 1. The van der Waals surface area contributed by atoms with Gasteiger partial charge in [-0.1, -0.05) is 6.08 Å². The third-order valence-corrected chi connectivity index (χ3v) is 2.28. The van der Waals surface area contributed by atoms with E-state index in [0.29, 0.717) is 0 Å². The summed E-state index contributed by atoms with van der Waals surface area (Å²) >= 11 is 0. The molecular weight excluding hydrogens is 184 g/mol. The molecule has 2 heterocycles. The first-order chi connectivity index (χ1) is 6.66. The summed E-state index contributed by atoms with van der Waals surface area (Å²) in [6.45, 7) is 1.66. The largest absolute Gasteiger partial charge is 0.452 e. The van der Waals surface area contributed by atoms with Gasteiger partial charge in [-0.2, -0.15) is 0 Å². The fourth-order valence-corrected chi connectivity index (χ4v) is 1.52. The normalized spacial score (nSPS) is 37.6. The van der Waals surface area contributed by atoms with Gasteiger partial charge in [0.15, 0.2) is 6.10 Å². The molecular formula is C10H12O4. The lowest BCUT2D eigenvalue weighted by atomic mass is 10.0. The van der Waals surface area contributed by atoms with Crippen LogP contribution in [-0.4, -0.2) is 35.5 Å². The maximum Gasteiger partial charge on any atom is 0.331 e. The second-order valence-corrected chi connectivity index (χ2v) is 3.45. The van der Waals surface area contributed by atoms with E-state index < -0.39 is 6.10 Å². The molecule has 14 heavy (non-hydrogen) atoms. The molecule has 0 bridgehead atoms. The highest BCUT2D eigenvalue weighted by Crippen LogP contribution is 2.21. The number of hydrogen-bond acceptors (Lipinski definition) is 4. The summed E-state index contributed by atoms with van der Waals surface area (Å²) in [7, 11) is 0. The molecule has 0 amide bonds. The number of carbonyl (C=O) groups excluding carboxylic acids is 1. The van der Waals surface area contributed by atoms with Crippen molar-refractivity contribution in [3.63, 3.8) is 0 Å². The topological polar surface area (TPSA) is 55.8 Å². The average Bonchev–Trinajstić information content (AvgIpc) is 2.16. The van der Waals surface area contributed by atoms with E-state index in [0.717, 1.165) is 0 Å². The Morgan fingerprint density at radius 2 is 2.14 bits per heavy atom. The monoisotopic (exact) mass is 196 g/mol. The van der Waals surface area contributed by atoms with Crippen LogP contribution in [0, 0.1) is 0 Å². The van der Waals surface area contributed by atoms with Crippen molar-refractivity contribution in [2.75, 3.05) is 0 Å². The Morgan fingerprint density at radius 1 is 1.36 bits per heavy atom. The number of aliphatic hydroxyl groups excluding tert-OH is 1. The van der Waals surface area contributed by atoms with E-state index >= 15 is 0 Å². The molecule has 76 valence electrons. The Kier molecular flexibility index (Phi) is 2.39. The fourth-order valence-electron chi connectivity index (χ4n) is 1.52. The molecule has 1 N–H and O–H groups in total. The lowest BCUT2D eigenvalue weighted by Crippen LogP contribution is -2.42. The van der Waals surface area contributed by atoms with E-state index in [-0.39, 0.29) is 24.3 Å². The summed E-state index contributed by atoms with van der Waals surface area (Å²) in [5.41, 5.74) is 0. The molecule has 2 rings (SSSR count). The minimum Gasteiger partial charge on any atom is -0.452 e. The van der Waals surface area contributed by atoms with Gasteiger partial charge in [-0.25, -0.2) is 4.79 Å². The summed E-state index contributed by atoms with van der Waals surface area (Å²) in [5.74, 6) is -0.352. The molecule has 0 saturated heterocycles. The molecule has 2 aliphatic heterocycles. The molecule has 0 saturated carbocycles. The maximum absolute atomic E-state index is 10.9. The number of aliphatic hydroxyl groups is 1. The van der Waals surface area contributed by atoms with Gasteiger partial charge in [0.1, 0.15) is 12.2 Å². The third kappa shape index (κ3) is 1.71. The standard InChI is InChI=1S/C10H12O4/c1-6(11)7-2-3-9-8(13-7)4-5-10(12)14-9/h2-9,11H,1H3. The van der Waals surface area contributed by atoms with Gasteiger partial charge in [0.25, 0.3) is 0 Å². The molecule has 2 aliphatic rings. The second-order valence-electron chi connectivity index (χ2n) is 3.45. The number of hydrogen-bond donors (Lipinski definition) is 1. The zero-order valence-corrected chi connectivity index (χ0v) is 7.79. The van der Waals surface area contributed by atoms with Crippen molar-refractivity contribution in [1.82, 2.24) is 0 Å². The van der Waals surface area contributed by atoms with Crippen LogP contribution < -0.4 is 0 Å². The molecule has 0 aromatic rings. The SMILES string of the molecule is CC(O)C1C=CC2OC(=O)C=CC2O1.